The molecule has 2 amide bonds. The van der Waals surface area contributed by atoms with Gasteiger partial charge in [-0.25, -0.2) is 0 Å². The Balaban J connectivity index is 1.58. The number of carbonyl (C=O) groups is 2. The minimum Gasteiger partial charge on any atom is -0.424 e. The molecule has 9 nitrogen and oxygen atoms in total. The highest BCUT2D eigenvalue weighted by Crippen LogP contribution is 2.13. The molecule has 132 valence electrons. The molecule has 0 saturated carbocycles. The van der Waals surface area contributed by atoms with Gasteiger partial charge < -0.3 is 15.1 Å². The predicted molar refractivity (Wildman–Crippen MR) is 86.9 cm³/mol. The molecule has 1 fully saturated rings. The van der Waals surface area contributed by atoms with Crippen molar-refractivity contribution in [2.24, 2.45) is 0 Å². The van der Waals surface area contributed by atoms with E-state index in [4.69, 9.17) is 4.42 Å². The van der Waals surface area contributed by atoms with Crippen molar-refractivity contribution in [3.05, 3.63) is 41.9 Å². The molecule has 2 N–H and O–H groups in total. The molecule has 0 bridgehead atoms. The van der Waals surface area contributed by atoms with Crippen LogP contribution in [-0.2, 0) is 22.7 Å². The summed E-state index contributed by atoms with van der Waals surface area (Å²) in [6, 6.07) is 3.29. The second kappa shape index (κ2) is 7.84. The average molecular weight is 344 g/mol. The second-order valence-electron chi connectivity index (χ2n) is 5.83. The Morgan fingerprint density at radius 1 is 1.48 bits per heavy atom. The summed E-state index contributed by atoms with van der Waals surface area (Å²) in [7, 11) is 0. The summed E-state index contributed by atoms with van der Waals surface area (Å²) in [6.45, 7) is 3.65. The van der Waals surface area contributed by atoms with Gasteiger partial charge in [-0.2, -0.15) is 0 Å². The van der Waals surface area contributed by atoms with E-state index in [0.29, 0.717) is 31.4 Å². The van der Waals surface area contributed by atoms with E-state index < -0.39 is 6.04 Å². The molecule has 0 aliphatic carbocycles. The fourth-order valence-electron chi connectivity index (χ4n) is 2.73. The zero-order valence-electron chi connectivity index (χ0n) is 13.9. The molecule has 1 unspecified atom stereocenters. The minimum absolute atomic E-state index is 0.0687. The smallest absolute Gasteiger partial charge is 0.237 e. The van der Waals surface area contributed by atoms with E-state index in [1.807, 2.05) is 17.0 Å². The van der Waals surface area contributed by atoms with Gasteiger partial charge in [0.15, 0.2) is 0 Å². The standard InChI is InChI=1S/C16H20N6O3/c1-11-20-21-15(25-11)9-19-14(23)7-13-16(24)18-5-6-22(13)10-12-3-2-4-17-8-12/h2-4,8,13H,5-7,9-10H2,1H3,(H,18,24)(H,19,23). The van der Waals surface area contributed by atoms with Crippen LogP contribution in [0, 0.1) is 6.92 Å². The van der Waals surface area contributed by atoms with Gasteiger partial charge in [-0.3, -0.25) is 19.5 Å². The lowest BCUT2D eigenvalue weighted by atomic mass is 10.1. The van der Waals surface area contributed by atoms with Crippen molar-refractivity contribution >= 4 is 11.8 Å². The number of piperazine rings is 1. The number of nitrogens with zero attached hydrogens (tertiary/aromatic N) is 4. The van der Waals surface area contributed by atoms with Gasteiger partial charge in [-0.1, -0.05) is 6.07 Å². The van der Waals surface area contributed by atoms with E-state index in [2.05, 4.69) is 25.8 Å². The molecular weight excluding hydrogens is 324 g/mol. The monoisotopic (exact) mass is 344 g/mol. The lowest BCUT2D eigenvalue weighted by molar-refractivity contribution is -0.134. The van der Waals surface area contributed by atoms with Crippen LogP contribution in [0.5, 0.6) is 0 Å². The van der Waals surface area contributed by atoms with Gasteiger partial charge in [0.1, 0.15) is 0 Å². The third kappa shape index (κ3) is 4.60. The summed E-state index contributed by atoms with van der Waals surface area (Å²) < 4.78 is 5.21. The summed E-state index contributed by atoms with van der Waals surface area (Å²) in [5, 5.41) is 13.1. The van der Waals surface area contributed by atoms with Crippen LogP contribution in [0.4, 0.5) is 0 Å². The van der Waals surface area contributed by atoms with E-state index in [1.165, 1.54) is 0 Å². The molecule has 0 radical (unpaired) electrons. The van der Waals surface area contributed by atoms with Crippen molar-refractivity contribution in [3.8, 4) is 0 Å². The van der Waals surface area contributed by atoms with Gasteiger partial charge in [0.25, 0.3) is 0 Å². The van der Waals surface area contributed by atoms with E-state index in [-0.39, 0.29) is 24.8 Å². The molecule has 0 spiro atoms. The van der Waals surface area contributed by atoms with Crippen LogP contribution in [0.25, 0.3) is 0 Å². The molecule has 9 heteroatoms. The Kier molecular flexibility index (Phi) is 5.34. The Hall–Kier alpha value is -2.81. The second-order valence-corrected chi connectivity index (χ2v) is 5.83. The van der Waals surface area contributed by atoms with Crippen LogP contribution in [0.1, 0.15) is 23.8 Å². The number of pyridine rings is 1. The van der Waals surface area contributed by atoms with Gasteiger partial charge in [-0.05, 0) is 11.6 Å². The number of hydrogen-bond acceptors (Lipinski definition) is 7. The fraction of sp³-hybridized carbons (Fsp3) is 0.438. The third-order valence-corrected chi connectivity index (χ3v) is 3.93. The molecule has 1 aliphatic rings. The number of nitrogens with one attached hydrogen (secondary N) is 2. The van der Waals surface area contributed by atoms with Crippen LogP contribution < -0.4 is 10.6 Å². The number of carbonyl (C=O) groups excluding carboxylic acids is 2. The zero-order valence-corrected chi connectivity index (χ0v) is 13.9. The number of amides is 2. The van der Waals surface area contributed by atoms with E-state index in [9.17, 15) is 9.59 Å². The summed E-state index contributed by atoms with van der Waals surface area (Å²) in [4.78, 5) is 30.5. The molecule has 25 heavy (non-hydrogen) atoms. The SMILES string of the molecule is Cc1nnc(CNC(=O)CC2C(=O)NCCN2Cc2cccnc2)o1. The summed E-state index contributed by atoms with van der Waals surface area (Å²) in [5.74, 6) is 0.401. The van der Waals surface area contributed by atoms with Gasteiger partial charge in [0.2, 0.25) is 23.6 Å². The Bertz CT molecular complexity index is 732. The fourth-order valence-corrected chi connectivity index (χ4v) is 2.73. The summed E-state index contributed by atoms with van der Waals surface area (Å²) in [5.41, 5.74) is 1.00. The quantitative estimate of drug-likeness (QED) is 0.745. The van der Waals surface area contributed by atoms with Crippen molar-refractivity contribution < 1.29 is 14.0 Å². The minimum atomic E-state index is -0.515. The molecule has 2 aromatic rings. The van der Waals surface area contributed by atoms with Crippen molar-refractivity contribution in [2.45, 2.75) is 32.5 Å². The molecular formula is C16H20N6O3. The van der Waals surface area contributed by atoms with Crippen molar-refractivity contribution in [2.75, 3.05) is 13.1 Å². The number of aromatic nitrogens is 3. The van der Waals surface area contributed by atoms with Gasteiger partial charge in [0, 0.05) is 39.0 Å². The van der Waals surface area contributed by atoms with Crippen LogP contribution in [0.2, 0.25) is 0 Å². The van der Waals surface area contributed by atoms with Crippen LogP contribution in [0.3, 0.4) is 0 Å². The van der Waals surface area contributed by atoms with Crippen molar-refractivity contribution in [1.82, 2.24) is 30.7 Å². The van der Waals surface area contributed by atoms with E-state index >= 15 is 0 Å². The number of aryl methyl sites for hydroxylation is 1. The molecule has 1 atom stereocenters. The molecule has 2 aromatic heterocycles. The van der Waals surface area contributed by atoms with Crippen LogP contribution in [0.15, 0.2) is 28.9 Å². The average Bonchev–Trinajstić information content (AvgIpc) is 3.02. The first-order chi connectivity index (χ1) is 12.1. The summed E-state index contributed by atoms with van der Waals surface area (Å²) in [6.07, 6.45) is 3.54. The third-order valence-electron chi connectivity index (χ3n) is 3.93. The lowest BCUT2D eigenvalue weighted by Gasteiger charge is -2.34. The van der Waals surface area contributed by atoms with Crippen LogP contribution >= 0.6 is 0 Å². The highest BCUT2D eigenvalue weighted by molar-refractivity contribution is 5.88. The normalized spacial score (nSPS) is 18.0. The summed E-state index contributed by atoms with van der Waals surface area (Å²) >= 11 is 0. The van der Waals surface area contributed by atoms with E-state index in [1.54, 1.807) is 19.3 Å². The first kappa shape index (κ1) is 17.0. The van der Waals surface area contributed by atoms with Crippen molar-refractivity contribution in [3.63, 3.8) is 0 Å². The topological polar surface area (TPSA) is 113 Å². The van der Waals surface area contributed by atoms with Gasteiger partial charge in [-0.15, -0.1) is 10.2 Å². The lowest BCUT2D eigenvalue weighted by Crippen LogP contribution is -2.56. The maximum Gasteiger partial charge on any atom is 0.237 e. The molecule has 1 aliphatic heterocycles. The molecule has 1 saturated heterocycles. The Morgan fingerprint density at radius 2 is 2.36 bits per heavy atom. The maximum absolute atomic E-state index is 12.2. The Morgan fingerprint density at radius 3 is 3.08 bits per heavy atom. The maximum atomic E-state index is 12.2. The largest absolute Gasteiger partial charge is 0.424 e. The molecule has 0 aromatic carbocycles. The highest BCUT2D eigenvalue weighted by atomic mass is 16.4. The molecule has 3 heterocycles. The molecule has 3 rings (SSSR count). The highest BCUT2D eigenvalue weighted by Gasteiger charge is 2.31. The van der Waals surface area contributed by atoms with Crippen LogP contribution in [-0.4, -0.2) is 51.0 Å². The predicted octanol–water partition coefficient (Wildman–Crippen LogP) is -0.220. The number of rotatable bonds is 6. The van der Waals surface area contributed by atoms with E-state index in [0.717, 1.165) is 5.56 Å². The van der Waals surface area contributed by atoms with Gasteiger partial charge >= 0.3 is 0 Å². The zero-order chi connectivity index (χ0) is 17.6. The van der Waals surface area contributed by atoms with Crippen molar-refractivity contribution in [1.29, 1.82) is 0 Å². The first-order valence-electron chi connectivity index (χ1n) is 8.08. The van der Waals surface area contributed by atoms with Gasteiger partial charge in [0.05, 0.1) is 19.0 Å². The first-order valence-corrected chi connectivity index (χ1v) is 8.08. The number of hydrogen-bond donors (Lipinski definition) is 2. The Labute approximate surface area is 144 Å².